The summed E-state index contributed by atoms with van der Waals surface area (Å²) in [6, 6.07) is 13.3. The predicted molar refractivity (Wildman–Crippen MR) is 110 cm³/mol. The lowest BCUT2D eigenvalue weighted by atomic mass is 9.91. The number of carbonyl (C=O) groups is 1. The van der Waals surface area contributed by atoms with Crippen molar-refractivity contribution in [1.29, 1.82) is 0 Å². The van der Waals surface area contributed by atoms with E-state index in [1.54, 1.807) is 14.2 Å². The van der Waals surface area contributed by atoms with E-state index in [1.165, 1.54) is 5.57 Å². The maximum absolute atomic E-state index is 12.4. The Morgan fingerprint density at radius 2 is 1.56 bits per heavy atom. The largest absolute Gasteiger partial charge is 0.493 e. The summed E-state index contributed by atoms with van der Waals surface area (Å²) < 4.78 is 10.5. The molecule has 0 bridgehead atoms. The highest BCUT2D eigenvalue weighted by Gasteiger charge is 2.10. The average Bonchev–Trinajstić information content (AvgIpc) is 2.64. The molecule has 0 aliphatic rings. The third kappa shape index (κ3) is 5.88. The molecule has 0 fully saturated rings. The molecule has 27 heavy (non-hydrogen) atoms. The van der Waals surface area contributed by atoms with Gasteiger partial charge in [-0.15, -0.1) is 0 Å². The zero-order valence-electron chi connectivity index (χ0n) is 17.1. The molecule has 0 saturated carbocycles. The van der Waals surface area contributed by atoms with Crippen molar-refractivity contribution in [2.45, 2.75) is 34.2 Å². The van der Waals surface area contributed by atoms with Gasteiger partial charge in [0.05, 0.1) is 14.2 Å². The topological polar surface area (TPSA) is 47.6 Å². The average molecular weight is 367 g/mol. The lowest BCUT2D eigenvalue weighted by Crippen LogP contribution is -2.22. The molecule has 2 rings (SSSR count). The molecule has 0 aliphatic heterocycles. The molecule has 144 valence electrons. The highest BCUT2D eigenvalue weighted by atomic mass is 16.5. The summed E-state index contributed by atoms with van der Waals surface area (Å²) in [7, 11) is 3.19. The first-order valence-electron chi connectivity index (χ1n) is 9.02. The van der Waals surface area contributed by atoms with E-state index in [1.807, 2.05) is 42.5 Å². The number of methoxy groups -OCH3 is 2. The number of hydrogen-bond acceptors (Lipinski definition) is 3. The van der Waals surface area contributed by atoms with Crippen LogP contribution >= 0.6 is 0 Å². The molecule has 1 N–H and O–H groups in total. The fourth-order valence-corrected chi connectivity index (χ4v) is 2.89. The number of hydrogen-bond donors (Lipinski definition) is 1. The molecule has 0 spiro atoms. The fraction of sp³-hybridized carbons (Fsp3) is 0.348. The predicted octanol–water partition coefficient (Wildman–Crippen LogP) is 5.08. The Labute approximate surface area is 162 Å². The van der Waals surface area contributed by atoms with Gasteiger partial charge in [-0.05, 0) is 53.3 Å². The molecule has 0 atom stereocenters. The van der Waals surface area contributed by atoms with E-state index >= 15 is 0 Å². The quantitative estimate of drug-likeness (QED) is 0.774. The van der Waals surface area contributed by atoms with Crippen LogP contribution in [0.5, 0.6) is 11.5 Å². The van der Waals surface area contributed by atoms with Gasteiger partial charge in [0.25, 0.3) is 5.91 Å². The summed E-state index contributed by atoms with van der Waals surface area (Å²) in [6.07, 6.45) is 2.24. The summed E-state index contributed by atoms with van der Waals surface area (Å²) in [5, 5.41) is 2.94. The lowest BCUT2D eigenvalue weighted by molar-refractivity contribution is 0.0951. The molecule has 2 aromatic rings. The zero-order valence-corrected chi connectivity index (χ0v) is 17.1. The van der Waals surface area contributed by atoms with Crippen molar-refractivity contribution in [1.82, 2.24) is 5.32 Å². The van der Waals surface area contributed by atoms with Crippen molar-refractivity contribution in [3.05, 3.63) is 65.2 Å². The second-order valence-corrected chi connectivity index (χ2v) is 7.64. The third-order valence-electron chi connectivity index (χ3n) is 4.15. The lowest BCUT2D eigenvalue weighted by Gasteiger charge is -2.14. The van der Waals surface area contributed by atoms with Gasteiger partial charge in [0.1, 0.15) is 0 Å². The molecular weight excluding hydrogens is 338 g/mol. The van der Waals surface area contributed by atoms with Crippen molar-refractivity contribution in [3.63, 3.8) is 0 Å². The van der Waals surface area contributed by atoms with Crippen molar-refractivity contribution in [3.8, 4) is 11.5 Å². The van der Waals surface area contributed by atoms with Gasteiger partial charge in [0.2, 0.25) is 0 Å². The summed E-state index contributed by atoms with van der Waals surface area (Å²) in [5.41, 5.74) is 4.05. The smallest absolute Gasteiger partial charge is 0.251 e. The number of allylic oxidation sites excluding steroid dienone is 2. The van der Waals surface area contributed by atoms with E-state index in [9.17, 15) is 4.79 Å². The summed E-state index contributed by atoms with van der Waals surface area (Å²) in [5.74, 6) is 1.21. The second kappa shape index (κ2) is 8.76. The van der Waals surface area contributed by atoms with Gasteiger partial charge in [0.15, 0.2) is 11.5 Å². The van der Waals surface area contributed by atoms with Crippen LogP contribution in [0.3, 0.4) is 0 Å². The Kier molecular flexibility index (Phi) is 6.67. The third-order valence-corrected chi connectivity index (χ3v) is 4.15. The summed E-state index contributed by atoms with van der Waals surface area (Å²) >= 11 is 0. The van der Waals surface area contributed by atoms with Crippen LogP contribution in [0, 0.1) is 5.41 Å². The Balaban J connectivity index is 2.03. The highest BCUT2D eigenvalue weighted by molar-refractivity contribution is 5.94. The van der Waals surface area contributed by atoms with Crippen LogP contribution in [0.2, 0.25) is 0 Å². The van der Waals surface area contributed by atoms with E-state index in [-0.39, 0.29) is 11.3 Å². The second-order valence-electron chi connectivity index (χ2n) is 7.64. The monoisotopic (exact) mass is 367 g/mol. The van der Waals surface area contributed by atoms with Gasteiger partial charge in [0, 0.05) is 12.1 Å². The van der Waals surface area contributed by atoms with Crippen LogP contribution in [-0.4, -0.2) is 20.1 Å². The van der Waals surface area contributed by atoms with Crippen LogP contribution in [0.4, 0.5) is 0 Å². The van der Waals surface area contributed by atoms with Crippen LogP contribution in [-0.2, 0) is 6.54 Å². The molecule has 0 radical (unpaired) electrons. The first-order valence-corrected chi connectivity index (χ1v) is 9.02. The number of nitrogens with one attached hydrogen (secondary N) is 1. The highest BCUT2D eigenvalue weighted by Crippen LogP contribution is 2.27. The normalized spacial score (nSPS) is 11.9. The minimum absolute atomic E-state index is 0.103. The van der Waals surface area contributed by atoms with Crippen molar-refractivity contribution in [2.75, 3.05) is 14.2 Å². The molecule has 0 aromatic heterocycles. The summed E-state index contributed by atoms with van der Waals surface area (Å²) in [6.45, 7) is 9.03. The van der Waals surface area contributed by atoms with E-state index in [0.717, 1.165) is 11.1 Å². The maximum atomic E-state index is 12.4. The van der Waals surface area contributed by atoms with Gasteiger partial charge in [-0.3, -0.25) is 4.79 Å². The first kappa shape index (κ1) is 20.6. The number of benzene rings is 2. The number of rotatable bonds is 6. The number of amides is 1. The van der Waals surface area contributed by atoms with Crippen LogP contribution in [0.25, 0.3) is 5.57 Å². The molecule has 0 saturated heterocycles. The molecule has 1 amide bonds. The molecule has 2 aromatic carbocycles. The molecule has 4 heteroatoms. The van der Waals surface area contributed by atoms with Crippen molar-refractivity contribution in [2.24, 2.45) is 5.41 Å². The minimum atomic E-state index is -0.103. The first-order chi connectivity index (χ1) is 12.7. The van der Waals surface area contributed by atoms with E-state index in [4.69, 9.17) is 9.47 Å². The Morgan fingerprint density at radius 1 is 0.963 bits per heavy atom. The Morgan fingerprint density at radius 3 is 2.11 bits per heavy atom. The van der Waals surface area contributed by atoms with Gasteiger partial charge in [-0.2, -0.15) is 0 Å². The zero-order chi connectivity index (χ0) is 20.0. The number of carbonyl (C=O) groups excluding carboxylic acids is 1. The maximum Gasteiger partial charge on any atom is 0.251 e. The van der Waals surface area contributed by atoms with Crippen molar-refractivity contribution >= 4 is 11.5 Å². The molecular formula is C23H29NO3. The van der Waals surface area contributed by atoms with E-state index in [2.05, 4.69) is 39.1 Å². The fourth-order valence-electron chi connectivity index (χ4n) is 2.89. The van der Waals surface area contributed by atoms with Crippen molar-refractivity contribution < 1.29 is 14.3 Å². The molecule has 0 heterocycles. The standard InChI is InChI=1S/C23H29NO3/c1-16(14-23(2,3)4)18-8-10-19(11-9-18)22(25)24-15-17-7-12-20(26-5)21(13-17)27-6/h7-14H,15H2,1-6H3,(H,24,25). The SMILES string of the molecule is COc1ccc(CNC(=O)c2ccc(C(C)=CC(C)(C)C)cc2)cc1OC. The van der Waals surface area contributed by atoms with Gasteiger partial charge >= 0.3 is 0 Å². The van der Waals surface area contributed by atoms with E-state index < -0.39 is 0 Å². The summed E-state index contributed by atoms with van der Waals surface area (Å²) in [4.78, 5) is 12.4. The number of ether oxygens (including phenoxy) is 2. The molecule has 4 nitrogen and oxygen atoms in total. The Bertz CT molecular complexity index is 815. The molecule has 0 aliphatic carbocycles. The van der Waals surface area contributed by atoms with Gasteiger partial charge < -0.3 is 14.8 Å². The van der Waals surface area contributed by atoms with Gasteiger partial charge in [-0.25, -0.2) is 0 Å². The van der Waals surface area contributed by atoms with Crippen LogP contribution in [0.15, 0.2) is 48.5 Å². The molecule has 0 unspecified atom stereocenters. The Hall–Kier alpha value is -2.75. The van der Waals surface area contributed by atoms with Crippen LogP contribution < -0.4 is 14.8 Å². The van der Waals surface area contributed by atoms with Gasteiger partial charge in [-0.1, -0.05) is 45.0 Å². The minimum Gasteiger partial charge on any atom is -0.493 e. The van der Waals surface area contributed by atoms with E-state index in [0.29, 0.717) is 23.6 Å². The van der Waals surface area contributed by atoms with Crippen LogP contribution in [0.1, 0.15) is 49.2 Å².